The largest absolute Gasteiger partial charge is 0.748 e. The Morgan fingerprint density at radius 1 is 1.44 bits per heavy atom. The molecule has 0 radical (unpaired) electrons. The monoisotopic (exact) mass is 284 g/mol. The van der Waals surface area contributed by atoms with E-state index in [2.05, 4.69) is 12.3 Å². The fourth-order valence-electron chi connectivity index (χ4n) is 0.643. The van der Waals surface area contributed by atoms with E-state index in [9.17, 15) is 17.8 Å². The molecule has 0 aliphatic rings. The Hall–Kier alpha value is -0.920. The molecule has 0 aromatic heterocycles. The summed E-state index contributed by atoms with van der Waals surface area (Å²) in [6, 6.07) is 0. The number of carbonyl (C=O) groups is 1. The maximum Gasteiger partial charge on any atom is 0.222 e. The second kappa shape index (κ2) is 14.1. The van der Waals surface area contributed by atoms with Gasteiger partial charge in [-0.05, 0) is 6.08 Å². The quantitative estimate of drug-likeness (QED) is 0.570. The fraction of sp³-hybridized carbons (Fsp3) is 0.727. The number of hydrogen-bond donors (Lipinski definition) is 1. The molecule has 3 N–H and O–H groups in total. The van der Waals surface area contributed by atoms with E-state index in [1.807, 2.05) is 0 Å². The smallest absolute Gasteiger partial charge is 0.222 e. The van der Waals surface area contributed by atoms with Crippen molar-refractivity contribution in [1.29, 1.82) is 0 Å². The van der Waals surface area contributed by atoms with Gasteiger partial charge in [0.05, 0.1) is 22.4 Å². The molecule has 1 amide bonds. The van der Waals surface area contributed by atoms with Crippen LogP contribution >= 0.6 is 0 Å². The summed E-state index contributed by atoms with van der Waals surface area (Å²) < 4.78 is 30.5. The van der Waals surface area contributed by atoms with Gasteiger partial charge in [-0.15, -0.1) is 0 Å². The van der Waals surface area contributed by atoms with E-state index in [4.69, 9.17) is 0 Å². The van der Waals surface area contributed by atoms with E-state index in [1.165, 1.54) is 11.9 Å². The normalized spacial score (nSPS) is 8.89. The van der Waals surface area contributed by atoms with Gasteiger partial charge >= 0.3 is 0 Å². The van der Waals surface area contributed by atoms with Crippen molar-refractivity contribution in [1.82, 2.24) is 4.90 Å². The Morgan fingerprint density at radius 2 is 1.83 bits per heavy atom. The number of nitrogens with zero attached hydrogens (tertiary/aromatic N) is 1. The highest BCUT2D eigenvalue weighted by molar-refractivity contribution is 7.85. The lowest BCUT2D eigenvalue weighted by Gasteiger charge is -2.16. The molecule has 0 saturated carbocycles. The lowest BCUT2D eigenvalue weighted by molar-refractivity contribution is -0.352. The molecule has 0 unspecified atom stereocenters. The van der Waals surface area contributed by atoms with Gasteiger partial charge in [-0.1, -0.05) is 28.4 Å². The van der Waals surface area contributed by atoms with Crippen molar-refractivity contribution >= 4 is 16.0 Å². The van der Waals surface area contributed by atoms with Gasteiger partial charge < -0.3 is 15.2 Å². The highest BCUT2D eigenvalue weighted by Crippen LogP contribution is 1.91. The van der Waals surface area contributed by atoms with Gasteiger partial charge in [0.25, 0.3) is 0 Å². The minimum absolute atomic E-state index is 0. The number of hydrogen-bond acceptors (Lipinski definition) is 4. The average molecular weight is 284 g/mol. The van der Waals surface area contributed by atoms with Crippen LogP contribution in [0.15, 0.2) is 12.7 Å². The van der Waals surface area contributed by atoms with E-state index in [0.717, 1.165) is 6.54 Å². The first-order valence-electron chi connectivity index (χ1n) is 4.86. The van der Waals surface area contributed by atoms with E-state index < -0.39 is 15.9 Å². The number of amides is 1. The molecule has 0 aliphatic carbocycles. The van der Waals surface area contributed by atoms with E-state index in [-0.39, 0.29) is 27.3 Å². The molecule has 0 spiro atoms. The van der Waals surface area contributed by atoms with Crippen molar-refractivity contribution in [2.75, 3.05) is 25.9 Å². The molecule has 0 atom stereocenters. The van der Waals surface area contributed by atoms with Crippen LogP contribution in [-0.4, -0.2) is 49.7 Å². The Bertz CT molecular complexity index is 302. The fourth-order valence-corrected chi connectivity index (χ4v) is 1.14. The first-order valence-corrected chi connectivity index (χ1v) is 6.43. The molecule has 6 nitrogen and oxygen atoms in total. The summed E-state index contributed by atoms with van der Waals surface area (Å²) >= 11 is 0. The van der Waals surface area contributed by atoms with Crippen LogP contribution in [0.3, 0.4) is 0 Å². The second-order valence-electron chi connectivity index (χ2n) is 3.01. The van der Waals surface area contributed by atoms with Crippen LogP contribution in [0.4, 0.5) is 0 Å². The lowest BCUT2D eigenvalue weighted by atomic mass is 10.4. The van der Waals surface area contributed by atoms with Crippen molar-refractivity contribution in [2.45, 2.75) is 28.2 Å². The van der Waals surface area contributed by atoms with Crippen LogP contribution in [-0.2, 0) is 14.9 Å². The van der Waals surface area contributed by atoms with Gasteiger partial charge in [-0.2, -0.15) is 0 Å². The topological polar surface area (TPSA) is 105 Å². The lowest BCUT2D eigenvalue weighted by Crippen LogP contribution is -2.48. The molecule has 0 saturated heterocycles. The molecule has 0 bridgehead atoms. The maximum atomic E-state index is 10.9. The van der Waals surface area contributed by atoms with Crippen molar-refractivity contribution in [3.05, 3.63) is 12.7 Å². The third-order valence-corrected chi connectivity index (χ3v) is 2.29. The zero-order chi connectivity index (χ0) is 13.2. The Balaban J connectivity index is -0.000000143. The van der Waals surface area contributed by atoms with Crippen molar-refractivity contribution < 1.29 is 23.5 Å². The van der Waals surface area contributed by atoms with Crippen LogP contribution in [0.5, 0.6) is 0 Å². The predicted octanol–water partition coefficient (Wildman–Crippen LogP) is 0.0865. The number of carbonyl (C=O) groups excluding carboxylic acids is 1. The zero-order valence-electron chi connectivity index (χ0n) is 9.81. The van der Waals surface area contributed by atoms with Crippen LogP contribution in [0, 0.1) is 0 Å². The highest BCUT2D eigenvalue weighted by atomic mass is 32.2. The van der Waals surface area contributed by atoms with Gasteiger partial charge in [0, 0.05) is 20.0 Å². The summed E-state index contributed by atoms with van der Waals surface area (Å²) in [6.07, 6.45) is 2.08. The summed E-state index contributed by atoms with van der Waals surface area (Å²) in [5, 5.41) is 0. The molecule has 0 aliphatic heterocycles. The first-order chi connectivity index (χ1) is 7.28. The molecule has 112 valence electrons. The van der Waals surface area contributed by atoms with Crippen molar-refractivity contribution in [3.63, 3.8) is 0 Å². The SMILES string of the molecule is C.C.C=CC[NH3+].CCC(=O)N(C)CCS(=O)(=O)[O-]. The molecular formula is C11H28N2O4S. The minimum Gasteiger partial charge on any atom is -0.748 e. The molecule has 0 heterocycles. The molecule has 0 aromatic rings. The van der Waals surface area contributed by atoms with Gasteiger partial charge in [0.2, 0.25) is 5.91 Å². The molecule has 0 fully saturated rings. The van der Waals surface area contributed by atoms with Crippen LogP contribution in [0.2, 0.25) is 0 Å². The van der Waals surface area contributed by atoms with E-state index in [1.54, 1.807) is 13.0 Å². The maximum absolute atomic E-state index is 10.9. The summed E-state index contributed by atoms with van der Waals surface area (Å²) in [5.41, 5.74) is 3.49. The molecule has 0 aromatic carbocycles. The van der Waals surface area contributed by atoms with Crippen LogP contribution in [0.1, 0.15) is 28.2 Å². The molecule has 7 heteroatoms. The Morgan fingerprint density at radius 3 is 2.06 bits per heavy atom. The standard InChI is InChI=1S/C6H13NO4S.C3H7N.2CH4/c1-3-6(8)7(2)4-5-12(9,10)11;1-2-3-4;;/h3-5H2,1-2H3,(H,9,10,11);2H,1,3-4H2;2*1H4. The first kappa shape index (κ1) is 25.8. The van der Waals surface area contributed by atoms with Gasteiger partial charge in [-0.25, -0.2) is 8.42 Å². The van der Waals surface area contributed by atoms with Crippen molar-refractivity contribution in [3.8, 4) is 0 Å². The zero-order valence-corrected chi connectivity index (χ0v) is 10.6. The van der Waals surface area contributed by atoms with Crippen molar-refractivity contribution in [2.24, 2.45) is 0 Å². The molecular weight excluding hydrogens is 256 g/mol. The predicted molar refractivity (Wildman–Crippen MR) is 73.9 cm³/mol. The third kappa shape index (κ3) is 20.5. The second-order valence-corrected chi connectivity index (χ2v) is 4.53. The van der Waals surface area contributed by atoms with Crippen LogP contribution in [0.25, 0.3) is 0 Å². The van der Waals surface area contributed by atoms with Crippen LogP contribution < -0.4 is 5.73 Å². The highest BCUT2D eigenvalue weighted by Gasteiger charge is 2.06. The third-order valence-electron chi connectivity index (χ3n) is 1.61. The summed E-state index contributed by atoms with van der Waals surface area (Å²) in [6.45, 7) is 5.89. The van der Waals surface area contributed by atoms with E-state index in [0.29, 0.717) is 6.42 Å². The number of rotatable bonds is 5. The molecule has 18 heavy (non-hydrogen) atoms. The summed E-state index contributed by atoms with van der Waals surface area (Å²) in [7, 11) is -2.74. The van der Waals surface area contributed by atoms with Gasteiger partial charge in [0.15, 0.2) is 0 Å². The van der Waals surface area contributed by atoms with E-state index >= 15 is 0 Å². The number of quaternary nitrogens is 1. The van der Waals surface area contributed by atoms with Gasteiger partial charge in [-0.3, -0.25) is 4.79 Å². The summed E-state index contributed by atoms with van der Waals surface area (Å²) in [4.78, 5) is 12.1. The molecule has 0 rings (SSSR count). The average Bonchev–Trinajstić information content (AvgIpc) is 2.24. The Labute approximate surface area is 112 Å². The Kier molecular flexibility index (Phi) is 20.3. The minimum atomic E-state index is -4.20. The summed E-state index contributed by atoms with van der Waals surface area (Å²) in [5.74, 6) is -0.687. The van der Waals surface area contributed by atoms with Gasteiger partial charge in [0.1, 0.15) is 0 Å².